The summed E-state index contributed by atoms with van der Waals surface area (Å²) in [6.07, 6.45) is 1.87. The molecule has 0 saturated carbocycles. The molecule has 2 aromatic carbocycles. The van der Waals surface area contributed by atoms with Gasteiger partial charge < -0.3 is 10.2 Å². The summed E-state index contributed by atoms with van der Waals surface area (Å²) in [6.45, 7) is 7.71. The summed E-state index contributed by atoms with van der Waals surface area (Å²) in [5.74, 6) is 0.0429. The molecular formula is C25H27N5OS. The van der Waals surface area contributed by atoms with Crippen molar-refractivity contribution in [3.05, 3.63) is 65.4 Å². The van der Waals surface area contributed by atoms with Crippen molar-refractivity contribution in [1.29, 1.82) is 0 Å². The molecule has 1 atom stereocenters. The lowest BCUT2D eigenvalue weighted by atomic mass is 9.97. The van der Waals surface area contributed by atoms with Crippen LogP contribution >= 0.6 is 11.3 Å². The molecule has 1 saturated heterocycles. The van der Waals surface area contributed by atoms with Crippen LogP contribution in [-0.4, -0.2) is 33.8 Å². The monoisotopic (exact) mass is 445 g/mol. The van der Waals surface area contributed by atoms with Crippen LogP contribution < -0.4 is 10.2 Å². The van der Waals surface area contributed by atoms with Crippen molar-refractivity contribution in [3.63, 3.8) is 0 Å². The van der Waals surface area contributed by atoms with Gasteiger partial charge in [0.2, 0.25) is 5.91 Å². The first kappa shape index (κ1) is 20.7. The minimum absolute atomic E-state index is 0.0542. The molecule has 1 N–H and O–H groups in total. The Morgan fingerprint density at radius 2 is 1.81 bits per heavy atom. The number of benzene rings is 2. The van der Waals surface area contributed by atoms with Crippen LogP contribution in [0.5, 0.6) is 0 Å². The van der Waals surface area contributed by atoms with Gasteiger partial charge in [0.25, 0.3) is 0 Å². The number of rotatable bonds is 4. The smallest absolute Gasteiger partial charge is 0.229 e. The second-order valence-corrected chi connectivity index (χ2v) is 9.50. The second kappa shape index (κ2) is 8.39. The van der Waals surface area contributed by atoms with E-state index in [4.69, 9.17) is 10.1 Å². The second-order valence-electron chi connectivity index (χ2n) is 8.52. The van der Waals surface area contributed by atoms with Gasteiger partial charge in [0.05, 0.1) is 22.0 Å². The van der Waals surface area contributed by atoms with Gasteiger partial charge in [0, 0.05) is 18.8 Å². The average Bonchev–Trinajstić information content (AvgIpc) is 3.38. The number of nitrogens with one attached hydrogen (secondary N) is 1. The van der Waals surface area contributed by atoms with Crippen LogP contribution in [0.3, 0.4) is 0 Å². The van der Waals surface area contributed by atoms with Crippen molar-refractivity contribution in [2.75, 3.05) is 23.3 Å². The fourth-order valence-electron chi connectivity index (χ4n) is 4.41. The maximum absolute atomic E-state index is 13.1. The van der Waals surface area contributed by atoms with Gasteiger partial charge in [-0.3, -0.25) is 4.79 Å². The average molecular weight is 446 g/mol. The third-order valence-corrected chi connectivity index (χ3v) is 7.38. The Balaban J connectivity index is 1.38. The van der Waals surface area contributed by atoms with Crippen LogP contribution in [-0.2, 0) is 4.79 Å². The van der Waals surface area contributed by atoms with E-state index in [1.54, 1.807) is 11.3 Å². The van der Waals surface area contributed by atoms with E-state index in [2.05, 4.69) is 10.2 Å². The first-order chi connectivity index (χ1) is 15.5. The van der Waals surface area contributed by atoms with E-state index < -0.39 is 0 Å². The number of para-hydroxylation sites is 2. The molecule has 5 rings (SSSR count). The van der Waals surface area contributed by atoms with Gasteiger partial charge in [-0.25, -0.2) is 4.68 Å². The Morgan fingerprint density at radius 1 is 1.06 bits per heavy atom. The van der Waals surface area contributed by atoms with Gasteiger partial charge in [-0.1, -0.05) is 47.7 Å². The van der Waals surface area contributed by atoms with Crippen molar-refractivity contribution >= 4 is 38.4 Å². The minimum Gasteiger partial charge on any atom is -0.347 e. The van der Waals surface area contributed by atoms with Gasteiger partial charge in [-0.15, -0.1) is 0 Å². The maximum Gasteiger partial charge on any atom is 0.229 e. The predicted molar refractivity (Wildman–Crippen MR) is 131 cm³/mol. The molecule has 2 aromatic heterocycles. The predicted octanol–water partition coefficient (Wildman–Crippen LogP) is 5.26. The molecule has 0 radical (unpaired) electrons. The number of fused-ring (bicyclic) bond motifs is 1. The zero-order chi connectivity index (χ0) is 22.2. The van der Waals surface area contributed by atoms with Gasteiger partial charge in [0.1, 0.15) is 0 Å². The van der Waals surface area contributed by atoms with E-state index >= 15 is 0 Å². The topological polar surface area (TPSA) is 63.1 Å². The Bertz CT molecular complexity index is 1260. The lowest BCUT2D eigenvalue weighted by Gasteiger charge is -2.32. The Kier molecular flexibility index (Phi) is 5.43. The maximum atomic E-state index is 13.1. The molecule has 1 aliphatic rings. The molecule has 1 amide bonds. The lowest BCUT2D eigenvalue weighted by molar-refractivity contribution is -0.120. The van der Waals surface area contributed by atoms with E-state index in [1.165, 1.54) is 0 Å². The first-order valence-electron chi connectivity index (χ1n) is 11.0. The van der Waals surface area contributed by atoms with E-state index in [0.717, 1.165) is 63.1 Å². The summed E-state index contributed by atoms with van der Waals surface area (Å²) < 4.78 is 3.02. The molecule has 0 bridgehead atoms. The zero-order valence-corrected chi connectivity index (χ0v) is 19.4. The number of thiazole rings is 1. The molecule has 0 aliphatic carbocycles. The number of carbonyl (C=O) groups is 1. The van der Waals surface area contributed by atoms with E-state index in [9.17, 15) is 4.79 Å². The summed E-state index contributed by atoms with van der Waals surface area (Å²) in [4.78, 5) is 20.3. The summed E-state index contributed by atoms with van der Waals surface area (Å²) in [6, 6.07) is 16.2. The Morgan fingerprint density at radius 3 is 2.56 bits per heavy atom. The van der Waals surface area contributed by atoms with Crippen molar-refractivity contribution in [1.82, 2.24) is 14.8 Å². The van der Waals surface area contributed by atoms with Gasteiger partial charge in [0.15, 0.2) is 10.8 Å². The fourth-order valence-corrected chi connectivity index (χ4v) is 5.43. The molecule has 1 fully saturated rings. The highest BCUT2D eigenvalue weighted by molar-refractivity contribution is 7.22. The zero-order valence-electron chi connectivity index (χ0n) is 18.6. The number of anilines is 2. The van der Waals surface area contributed by atoms with E-state index in [0.29, 0.717) is 6.54 Å². The van der Waals surface area contributed by atoms with Crippen molar-refractivity contribution in [3.8, 4) is 5.69 Å². The lowest BCUT2D eigenvalue weighted by Crippen LogP contribution is -2.40. The van der Waals surface area contributed by atoms with Crippen molar-refractivity contribution < 1.29 is 4.79 Å². The third kappa shape index (κ3) is 3.77. The van der Waals surface area contributed by atoms with Crippen LogP contribution in [0.15, 0.2) is 48.5 Å². The number of piperidine rings is 1. The highest BCUT2D eigenvalue weighted by Crippen LogP contribution is 2.34. The van der Waals surface area contributed by atoms with E-state index in [1.807, 2.05) is 74.0 Å². The molecule has 7 heteroatoms. The highest BCUT2D eigenvalue weighted by atomic mass is 32.1. The number of carbonyl (C=O) groups excluding carboxylic acids is 1. The molecule has 4 aromatic rings. The Labute approximate surface area is 191 Å². The quantitative estimate of drug-likeness (QED) is 0.465. The molecule has 164 valence electrons. The fraction of sp³-hybridized carbons (Fsp3) is 0.320. The standard InChI is InChI=1S/C25H27N5OS/c1-16-9-7-10-17(2)21(16)26-24(31)19-11-8-14-29(15-19)25-27-23-22(32-25)18(3)28-30(23)20-12-5-4-6-13-20/h4-7,9-10,12-13,19H,8,11,14-15H2,1-3H3,(H,26,31)/t19-/m1/s1. The van der Waals surface area contributed by atoms with Crippen LogP contribution in [0.2, 0.25) is 0 Å². The molecule has 1 aliphatic heterocycles. The molecule has 0 unspecified atom stereocenters. The number of hydrogen-bond acceptors (Lipinski definition) is 5. The summed E-state index contributed by atoms with van der Waals surface area (Å²) >= 11 is 1.67. The van der Waals surface area contributed by atoms with E-state index in [-0.39, 0.29) is 11.8 Å². The van der Waals surface area contributed by atoms with Crippen LogP contribution in [0, 0.1) is 26.7 Å². The number of aromatic nitrogens is 3. The van der Waals surface area contributed by atoms with Crippen LogP contribution in [0.4, 0.5) is 10.8 Å². The van der Waals surface area contributed by atoms with Crippen LogP contribution in [0.1, 0.15) is 29.7 Å². The molecule has 0 spiro atoms. The number of aryl methyl sites for hydroxylation is 3. The normalized spacial score (nSPS) is 16.5. The Hall–Kier alpha value is -3.19. The largest absolute Gasteiger partial charge is 0.347 e. The van der Waals surface area contributed by atoms with Crippen molar-refractivity contribution in [2.45, 2.75) is 33.6 Å². The summed E-state index contributed by atoms with van der Waals surface area (Å²) in [7, 11) is 0. The summed E-state index contributed by atoms with van der Waals surface area (Å²) in [5.41, 5.74) is 6.00. The number of hydrogen-bond donors (Lipinski definition) is 1. The first-order valence-corrected chi connectivity index (χ1v) is 11.9. The molecule has 3 heterocycles. The van der Waals surface area contributed by atoms with Gasteiger partial charge >= 0.3 is 0 Å². The van der Waals surface area contributed by atoms with Crippen LogP contribution in [0.25, 0.3) is 16.0 Å². The van der Waals surface area contributed by atoms with Gasteiger partial charge in [-0.05, 0) is 56.9 Å². The minimum atomic E-state index is -0.0542. The highest BCUT2D eigenvalue weighted by Gasteiger charge is 2.29. The SMILES string of the molecule is Cc1cccc(C)c1NC(=O)[C@@H]1CCCN(c2nc3c(s2)c(C)nn3-c2ccccc2)C1. The number of nitrogens with zero attached hydrogens (tertiary/aromatic N) is 4. The number of amides is 1. The molecular weight excluding hydrogens is 418 g/mol. The van der Waals surface area contributed by atoms with Crippen molar-refractivity contribution in [2.24, 2.45) is 5.92 Å². The van der Waals surface area contributed by atoms with Gasteiger partial charge in [-0.2, -0.15) is 10.1 Å². The summed E-state index contributed by atoms with van der Waals surface area (Å²) in [5, 5.41) is 8.85. The molecule has 32 heavy (non-hydrogen) atoms. The third-order valence-electron chi connectivity index (χ3n) is 6.17. The molecule has 6 nitrogen and oxygen atoms in total.